The molecule has 2 heterocycles. The number of benzene rings is 1. The third-order valence-electron chi connectivity index (χ3n) is 3.02. The summed E-state index contributed by atoms with van der Waals surface area (Å²) in [6.07, 6.45) is 0. The Hall–Kier alpha value is -2.14. The summed E-state index contributed by atoms with van der Waals surface area (Å²) >= 11 is 0. The topological polar surface area (TPSA) is 93.0 Å². The second kappa shape index (κ2) is 3.71. The van der Waals surface area contributed by atoms with Gasteiger partial charge in [0.25, 0.3) is 0 Å². The summed E-state index contributed by atoms with van der Waals surface area (Å²) in [5.74, 6) is 0. The van der Waals surface area contributed by atoms with Crippen molar-refractivity contribution in [3.63, 3.8) is 0 Å². The minimum atomic E-state index is -0.216. The number of imidazole rings is 1. The Morgan fingerprint density at radius 2 is 1.94 bits per heavy atom. The number of pyridine rings is 1. The number of aromatic amines is 2. The van der Waals surface area contributed by atoms with Crippen LogP contribution < -0.4 is 5.69 Å². The van der Waals surface area contributed by atoms with E-state index in [9.17, 15) is 4.79 Å². The molecule has 0 aliphatic carbocycles. The SMILES string of the molecule is Cc1ccc2nc3[nH]c(=O)[nH]c3cc2c1C.O. The standard InChI is InChI=1S/C12H11N3O.H2O/c1-6-3-4-9-8(7(6)2)5-10-11(13-9)15-12(16)14-10;/h3-5H,1-2H3,(H2,13,14,15,16);1H2. The molecule has 3 rings (SSSR count). The highest BCUT2D eigenvalue weighted by Crippen LogP contribution is 2.22. The van der Waals surface area contributed by atoms with Crippen LogP contribution in [0, 0.1) is 13.8 Å². The third-order valence-corrected chi connectivity index (χ3v) is 3.02. The maximum atomic E-state index is 11.2. The van der Waals surface area contributed by atoms with Crippen molar-refractivity contribution in [2.45, 2.75) is 13.8 Å². The molecule has 0 atom stereocenters. The van der Waals surface area contributed by atoms with Crippen LogP contribution in [0.2, 0.25) is 0 Å². The van der Waals surface area contributed by atoms with Crippen LogP contribution >= 0.6 is 0 Å². The molecule has 0 aliphatic heterocycles. The van der Waals surface area contributed by atoms with Crippen LogP contribution in [0.4, 0.5) is 0 Å². The summed E-state index contributed by atoms with van der Waals surface area (Å²) in [5.41, 5.74) is 4.49. The van der Waals surface area contributed by atoms with Gasteiger partial charge in [0.15, 0.2) is 5.65 Å². The van der Waals surface area contributed by atoms with E-state index in [0.29, 0.717) is 5.65 Å². The van der Waals surface area contributed by atoms with Crippen LogP contribution in [0.3, 0.4) is 0 Å². The fourth-order valence-corrected chi connectivity index (χ4v) is 1.95. The summed E-state index contributed by atoms with van der Waals surface area (Å²) in [6, 6.07) is 5.99. The van der Waals surface area contributed by atoms with Crippen LogP contribution in [-0.4, -0.2) is 20.4 Å². The minimum Gasteiger partial charge on any atom is -0.412 e. The molecule has 4 N–H and O–H groups in total. The number of rotatable bonds is 0. The van der Waals surface area contributed by atoms with E-state index in [4.69, 9.17) is 0 Å². The molecule has 0 aliphatic rings. The molecule has 3 aromatic rings. The molecule has 2 aromatic heterocycles. The molecule has 5 heteroatoms. The largest absolute Gasteiger partial charge is 0.412 e. The molecule has 0 unspecified atom stereocenters. The van der Waals surface area contributed by atoms with Gasteiger partial charge in [-0.3, -0.25) is 4.98 Å². The highest BCUT2D eigenvalue weighted by molar-refractivity contribution is 5.91. The van der Waals surface area contributed by atoms with E-state index in [2.05, 4.69) is 28.8 Å². The fraction of sp³-hybridized carbons (Fsp3) is 0.167. The Morgan fingerprint density at radius 1 is 1.18 bits per heavy atom. The monoisotopic (exact) mass is 231 g/mol. The molecule has 1 aromatic carbocycles. The molecule has 88 valence electrons. The lowest BCUT2D eigenvalue weighted by molar-refractivity contribution is 0.824. The maximum absolute atomic E-state index is 11.2. The van der Waals surface area contributed by atoms with E-state index in [1.54, 1.807) is 0 Å². The minimum absolute atomic E-state index is 0. The number of nitrogens with one attached hydrogen (secondary N) is 2. The van der Waals surface area contributed by atoms with E-state index in [1.807, 2.05) is 18.2 Å². The Kier molecular flexibility index (Phi) is 2.48. The zero-order chi connectivity index (χ0) is 11.3. The fourth-order valence-electron chi connectivity index (χ4n) is 1.95. The van der Waals surface area contributed by atoms with E-state index in [0.717, 1.165) is 16.4 Å². The first kappa shape index (κ1) is 11.3. The van der Waals surface area contributed by atoms with E-state index in [1.165, 1.54) is 11.1 Å². The number of fused-ring (bicyclic) bond motifs is 2. The van der Waals surface area contributed by atoms with E-state index >= 15 is 0 Å². The molecular formula is C12H13N3O2. The van der Waals surface area contributed by atoms with Crippen molar-refractivity contribution >= 4 is 22.1 Å². The highest BCUT2D eigenvalue weighted by atomic mass is 16.1. The van der Waals surface area contributed by atoms with Gasteiger partial charge in [0, 0.05) is 5.39 Å². The molecule has 5 nitrogen and oxygen atoms in total. The second-order valence-corrected chi connectivity index (χ2v) is 4.04. The Morgan fingerprint density at radius 3 is 2.71 bits per heavy atom. The molecule has 17 heavy (non-hydrogen) atoms. The summed E-state index contributed by atoms with van der Waals surface area (Å²) in [4.78, 5) is 21.0. The Bertz CT molecular complexity index is 755. The lowest BCUT2D eigenvalue weighted by atomic mass is 10.0. The molecule has 0 saturated carbocycles. The van der Waals surface area contributed by atoms with Gasteiger partial charge in [0.05, 0.1) is 11.0 Å². The van der Waals surface area contributed by atoms with Crippen molar-refractivity contribution in [1.29, 1.82) is 0 Å². The van der Waals surface area contributed by atoms with Gasteiger partial charge in [0.1, 0.15) is 0 Å². The van der Waals surface area contributed by atoms with Gasteiger partial charge in [0.2, 0.25) is 0 Å². The van der Waals surface area contributed by atoms with Crippen LogP contribution in [-0.2, 0) is 0 Å². The second-order valence-electron chi connectivity index (χ2n) is 4.04. The average Bonchev–Trinajstić information content (AvgIpc) is 2.61. The van der Waals surface area contributed by atoms with E-state index < -0.39 is 0 Å². The number of nitrogens with zero attached hydrogens (tertiary/aromatic N) is 1. The maximum Gasteiger partial charge on any atom is 0.325 e. The molecule has 0 radical (unpaired) electrons. The van der Waals surface area contributed by atoms with Crippen molar-refractivity contribution < 1.29 is 5.48 Å². The van der Waals surface area contributed by atoms with Gasteiger partial charge in [-0.25, -0.2) is 9.78 Å². The quantitative estimate of drug-likeness (QED) is 0.608. The first-order valence-corrected chi connectivity index (χ1v) is 5.14. The smallest absolute Gasteiger partial charge is 0.325 e. The predicted molar refractivity (Wildman–Crippen MR) is 67.3 cm³/mol. The molecule has 0 bridgehead atoms. The summed E-state index contributed by atoms with van der Waals surface area (Å²) in [6.45, 7) is 4.13. The van der Waals surface area contributed by atoms with Crippen molar-refractivity contribution in [3.05, 3.63) is 39.8 Å². The van der Waals surface area contributed by atoms with Crippen LogP contribution in [0.1, 0.15) is 11.1 Å². The van der Waals surface area contributed by atoms with E-state index in [-0.39, 0.29) is 11.2 Å². The zero-order valence-corrected chi connectivity index (χ0v) is 9.59. The number of hydrogen-bond donors (Lipinski definition) is 2. The number of aromatic nitrogens is 3. The van der Waals surface area contributed by atoms with Gasteiger partial charge < -0.3 is 10.5 Å². The zero-order valence-electron chi connectivity index (χ0n) is 9.59. The number of H-pyrrole nitrogens is 2. The highest BCUT2D eigenvalue weighted by Gasteiger charge is 2.05. The van der Waals surface area contributed by atoms with Crippen molar-refractivity contribution in [3.8, 4) is 0 Å². The van der Waals surface area contributed by atoms with Gasteiger partial charge in [-0.05, 0) is 37.1 Å². The summed E-state index contributed by atoms with van der Waals surface area (Å²) in [5, 5.41) is 1.09. The molecule has 0 amide bonds. The van der Waals surface area contributed by atoms with Crippen molar-refractivity contribution in [1.82, 2.24) is 15.0 Å². The van der Waals surface area contributed by atoms with Crippen LogP contribution in [0.5, 0.6) is 0 Å². The first-order chi connectivity index (χ1) is 7.65. The number of aryl methyl sites for hydroxylation is 2. The van der Waals surface area contributed by atoms with Gasteiger partial charge in [-0.2, -0.15) is 0 Å². The van der Waals surface area contributed by atoms with Crippen molar-refractivity contribution in [2.24, 2.45) is 0 Å². The summed E-state index contributed by atoms with van der Waals surface area (Å²) < 4.78 is 0. The third kappa shape index (κ3) is 1.60. The lowest BCUT2D eigenvalue weighted by Crippen LogP contribution is -1.99. The van der Waals surface area contributed by atoms with Crippen molar-refractivity contribution in [2.75, 3.05) is 0 Å². The van der Waals surface area contributed by atoms with Gasteiger partial charge in [-0.1, -0.05) is 6.07 Å². The molecule has 0 saturated heterocycles. The Labute approximate surface area is 96.8 Å². The summed E-state index contributed by atoms with van der Waals surface area (Å²) in [7, 11) is 0. The lowest BCUT2D eigenvalue weighted by Gasteiger charge is -2.04. The van der Waals surface area contributed by atoms with Gasteiger partial charge in [-0.15, -0.1) is 0 Å². The molecule has 0 fully saturated rings. The predicted octanol–water partition coefficient (Wildman–Crippen LogP) is 1.20. The van der Waals surface area contributed by atoms with Crippen LogP contribution in [0.25, 0.3) is 22.1 Å². The normalized spacial score (nSPS) is 10.7. The molecule has 0 spiro atoms. The number of hydrogen-bond acceptors (Lipinski definition) is 2. The van der Waals surface area contributed by atoms with Crippen LogP contribution in [0.15, 0.2) is 23.0 Å². The Balaban J connectivity index is 0.00000108. The average molecular weight is 231 g/mol. The first-order valence-electron chi connectivity index (χ1n) is 5.14. The van der Waals surface area contributed by atoms with Gasteiger partial charge >= 0.3 is 5.69 Å². The molecular weight excluding hydrogens is 218 g/mol.